The summed E-state index contributed by atoms with van der Waals surface area (Å²) in [6.45, 7) is 2.16. The lowest BCUT2D eigenvalue weighted by Gasteiger charge is -1.99. The van der Waals surface area contributed by atoms with Gasteiger partial charge in [0.05, 0.1) is 5.69 Å². The number of pyridine rings is 1. The summed E-state index contributed by atoms with van der Waals surface area (Å²) < 4.78 is 0. The van der Waals surface area contributed by atoms with Gasteiger partial charge in [-0.25, -0.2) is 0 Å². The minimum absolute atomic E-state index is 0.706. The highest BCUT2D eigenvalue weighted by molar-refractivity contribution is 7.27. The van der Waals surface area contributed by atoms with Crippen LogP contribution < -0.4 is 10.8 Å². The standard InChI is InChI=1S/C10H13BNP/c1-2-3-4-5-9-10(13)6-8(11)7-12-9/h4-7H,2-3,13H2,1H3/b5-4-. The quantitative estimate of drug-likeness (QED) is 0.514. The van der Waals surface area contributed by atoms with Crippen LogP contribution in [0, 0.1) is 0 Å². The van der Waals surface area contributed by atoms with Gasteiger partial charge in [0.2, 0.25) is 0 Å². The molecule has 1 aromatic rings. The fraction of sp³-hybridized carbons (Fsp3) is 0.300. The van der Waals surface area contributed by atoms with Crippen LogP contribution in [0.15, 0.2) is 18.3 Å². The van der Waals surface area contributed by atoms with Gasteiger partial charge in [-0.15, -0.1) is 9.24 Å². The Morgan fingerprint density at radius 1 is 1.62 bits per heavy atom. The van der Waals surface area contributed by atoms with Crippen LogP contribution in [0.25, 0.3) is 6.08 Å². The van der Waals surface area contributed by atoms with Gasteiger partial charge in [0.15, 0.2) is 0 Å². The Bertz CT molecular complexity index is 310. The smallest absolute Gasteiger partial charge is 0.115 e. The van der Waals surface area contributed by atoms with E-state index in [0.29, 0.717) is 5.46 Å². The third-order valence-electron chi connectivity index (χ3n) is 1.70. The first kappa shape index (κ1) is 10.5. The zero-order valence-corrected chi connectivity index (χ0v) is 8.98. The summed E-state index contributed by atoms with van der Waals surface area (Å²) in [4.78, 5) is 4.22. The Morgan fingerprint density at radius 3 is 3.00 bits per heavy atom. The zero-order valence-electron chi connectivity index (χ0n) is 7.83. The van der Waals surface area contributed by atoms with E-state index in [9.17, 15) is 0 Å². The third kappa shape index (κ3) is 3.32. The van der Waals surface area contributed by atoms with E-state index in [1.807, 2.05) is 12.1 Å². The molecule has 0 aliphatic carbocycles. The molecule has 0 amide bonds. The maximum absolute atomic E-state index is 5.58. The van der Waals surface area contributed by atoms with Gasteiger partial charge in [-0.3, -0.25) is 4.98 Å². The van der Waals surface area contributed by atoms with Crippen LogP contribution in [-0.2, 0) is 0 Å². The Balaban J connectivity index is 2.77. The molecule has 1 aromatic heterocycles. The number of hydrogen-bond donors (Lipinski definition) is 0. The van der Waals surface area contributed by atoms with Crippen molar-refractivity contribution >= 4 is 33.9 Å². The fourth-order valence-corrected chi connectivity index (χ4v) is 1.37. The first-order valence-electron chi connectivity index (χ1n) is 4.41. The molecular formula is C10H13BNP. The van der Waals surface area contributed by atoms with Gasteiger partial charge in [-0.05, 0) is 17.8 Å². The molecule has 0 spiro atoms. The van der Waals surface area contributed by atoms with Crippen LogP contribution in [-0.4, -0.2) is 12.8 Å². The molecule has 3 heteroatoms. The summed E-state index contributed by atoms with van der Waals surface area (Å²) in [6.07, 6.45) is 8.10. The van der Waals surface area contributed by atoms with Crippen LogP contribution >= 0.6 is 9.24 Å². The molecule has 0 N–H and O–H groups in total. The number of hydrogen-bond acceptors (Lipinski definition) is 1. The molecule has 0 fully saturated rings. The highest BCUT2D eigenvalue weighted by atomic mass is 31.0. The molecule has 1 rings (SSSR count). The lowest BCUT2D eigenvalue weighted by atomic mass is 9.98. The second-order valence-corrected chi connectivity index (χ2v) is 3.56. The van der Waals surface area contributed by atoms with Crippen molar-refractivity contribution in [2.75, 3.05) is 0 Å². The van der Waals surface area contributed by atoms with Crippen molar-refractivity contribution in [1.82, 2.24) is 4.98 Å². The van der Waals surface area contributed by atoms with Crippen molar-refractivity contribution in [3.05, 3.63) is 24.0 Å². The predicted octanol–water partition coefficient (Wildman–Crippen LogP) is 1.19. The van der Waals surface area contributed by atoms with Crippen molar-refractivity contribution in [2.45, 2.75) is 19.8 Å². The number of nitrogens with zero attached hydrogens (tertiary/aromatic N) is 1. The molecule has 1 atom stereocenters. The highest BCUT2D eigenvalue weighted by Gasteiger charge is 1.94. The molecular weight excluding hydrogens is 176 g/mol. The van der Waals surface area contributed by atoms with E-state index < -0.39 is 0 Å². The first-order valence-corrected chi connectivity index (χ1v) is 4.99. The van der Waals surface area contributed by atoms with E-state index in [2.05, 4.69) is 27.2 Å². The fourth-order valence-electron chi connectivity index (χ4n) is 1.01. The zero-order chi connectivity index (χ0) is 9.68. The van der Waals surface area contributed by atoms with Gasteiger partial charge in [-0.2, -0.15) is 0 Å². The van der Waals surface area contributed by atoms with E-state index >= 15 is 0 Å². The van der Waals surface area contributed by atoms with E-state index in [4.69, 9.17) is 7.85 Å². The number of rotatable bonds is 3. The highest BCUT2D eigenvalue weighted by Crippen LogP contribution is 1.99. The van der Waals surface area contributed by atoms with Gasteiger partial charge in [0.1, 0.15) is 7.85 Å². The van der Waals surface area contributed by atoms with E-state index in [-0.39, 0.29) is 0 Å². The van der Waals surface area contributed by atoms with Crippen molar-refractivity contribution in [1.29, 1.82) is 0 Å². The van der Waals surface area contributed by atoms with E-state index in [1.54, 1.807) is 6.20 Å². The molecule has 1 unspecified atom stereocenters. The molecule has 0 saturated carbocycles. The second-order valence-electron chi connectivity index (χ2n) is 2.93. The summed E-state index contributed by atoms with van der Waals surface area (Å²) in [5.41, 5.74) is 1.69. The van der Waals surface area contributed by atoms with E-state index in [0.717, 1.165) is 23.8 Å². The van der Waals surface area contributed by atoms with Gasteiger partial charge in [0.25, 0.3) is 0 Å². The Kier molecular flexibility index (Phi) is 4.18. The molecule has 0 saturated heterocycles. The minimum atomic E-state index is 0.706. The number of aromatic nitrogens is 1. The van der Waals surface area contributed by atoms with Crippen LogP contribution in [0.2, 0.25) is 0 Å². The topological polar surface area (TPSA) is 12.9 Å². The molecule has 0 aromatic carbocycles. The van der Waals surface area contributed by atoms with Crippen molar-refractivity contribution in [3.8, 4) is 0 Å². The van der Waals surface area contributed by atoms with Gasteiger partial charge < -0.3 is 0 Å². The molecule has 0 aliphatic rings. The lowest BCUT2D eigenvalue weighted by molar-refractivity contribution is 0.962. The number of unbranched alkanes of at least 4 members (excludes halogenated alkanes) is 1. The van der Waals surface area contributed by atoms with Crippen LogP contribution in [0.3, 0.4) is 0 Å². The molecule has 0 bridgehead atoms. The average Bonchev–Trinajstić information content (AvgIpc) is 2.09. The van der Waals surface area contributed by atoms with E-state index in [1.165, 1.54) is 0 Å². The maximum Gasteiger partial charge on any atom is 0.115 e. The third-order valence-corrected chi connectivity index (χ3v) is 2.16. The molecule has 1 heterocycles. The van der Waals surface area contributed by atoms with Gasteiger partial charge in [0, 0.05) is 6.20 Å². The Hall–Kier alpha value is -0.615. The summed E-state index contributed by atoms with van der Waals surface area (Å²) in [6, 6.07) is 1.91. The van der Waals surface area contributed by atoms with Crippen LogP contribution in [0.5, 0.6) is 0 Å². The van der Waals surface area contributed by atoms with Crippen molar-refractivity contribution < 1.29 is 0 Å². The Labute approximate surface area is 83.3 Å². The predicted molar refractivity (Wildman–Crippen MR) is 62.9 cm³/mol. The van der Waals surface area contributed by atoms with Crippen LogP contribution in [0.1, 0.15) is 25.5 Å². The SMILES string of the molecule is [B]c1cnc(/C=C\CCC)c(P)c1. The number of allylic oxidation sites excluding steroid dienone is 1. The lowest BCUT2D eigenvalue weighted by Crippen LogP contribution is -2.12. The molecule has 2 radical (unpaired) electrons. The monoisotopic (exact) mass is 189 g/mol. The maximum atomic E-state index is 5.58. The molecule has 0 aliphatic heterocycles. The van der Waals surface area contributed by atoms with Gasteiger partial charge in [-0.1, -0.05) is 30.9 Å². The van der Waals surface area contributed by atoms with Crippen LogP contribution in [0.4, 0.5) is 0 Å². The second kappa shape index (κ2) is 5.19. The summed E-state index contributed by atoms with van der Waals surface area (Å²) in [5.74, 6) is 0. The summed E-state index contributed by atoms with van der Waals surface area (Å²) >= 11 is 0. The summed E-state index contributed by atoms with van der Waals surface area (Å²) in [5, 5.41) is 1.05. The Morgan fingerprint density at radius 2 is 2.38 bits per heavy atom. The largest absolute Gasteiger partial charge is 0.257 e. The normalized spacial score (nSPS) is 10.9. The first-order chi connectivity index (χ1) is 6.24. The van der Waals surface area contributed by atoms with Crippen molar-refractivity contribution in [3.63, 3.8) is 0 Å². The average molecular weight is 189 g/mol. The molecule has 66 valence electrons. The minimum Gasteiger partial charge on any atom is -0.257 e. The summed E-state index contributed by atoms with van der Waals surface area (Å²) in [7, 11) is 8.22. The molecule has 1 nitrogen and oxygen atoms in total. The van der Waals surface area contributed by atoms with Crippen molar-refractivity contribution in [2.24, 2.45) is 0 Å². The molecule has 13 heavy (non-hydrogen) atoms. The van der Waals surface area contributed by atoms with Gasteiger partial charge >= 0.3 is 0 Å².